The van der Waals surface area contributed by atoms with Gasteiger partial charge in [0.1, 0.15) is 0 Å². The molecule has 0 bridgehead atoms. The van der Waals surface area contributed by atoms with Crippen LogP contribution in [0.4, 0.5) is 5.69 Å². The first-order chi connectivity index (χ1) is 15.3. The average Bonchev–Trinajstić information content (AvgIpc) is 2.80. The third-order valence-electron chi connectivity index (χ3n) is 5.83. The number of aromatic nitrogens is 1. The van der Waals surface area contributed by atoms with Gasteiger partial charge in [0.2, 0.25) is 10.0 Å². The van der Waals surface area contributed by atoms with Gasteiger partial charge in [-0.2, -0.15) is 4.31 Å². The van der Waals surface area contributed by atoms with Crippen LogP contribution in [0.25, 0.3) is 10.9 Å². The maximum atomic E-state index is 13.3. The molecule has 8 heteroatoms. The lowest BCUT2D eigenvalue weighted by molar-refractivity contribution is 0.0730. The van der Waals surface area contributed by atoms with E-state index >= 15 is 0 Å². The molecular weight excluding hydrogens is 426 g/mol. The molecule has 1 fully saturated rings. The van der Waals surface area contributed by atoms with Crippen molar-refractivity contribution in [3.05, 3.63) is 64.8 Å². The third kappa shape index (κ3) is 4.13. The van der Waals surface area contributed by atoms with Gasteiger partial charge in [-0.05, 0) is 49.6 Å². The molecule has 0 radical (unpaired) electrons. The fourth-order valence-electron chi connectivity index (χ4n) is 4.07. The van der Waals surface area contributed by atoms with Crippen molar-refractivity contribution in [2.24, 2.45) is 0 Å². The highest BCUT2D eigenvalue weighted by Crippen LogP contribution is 2.27. The lowest BCUT2D eigenvalue weighted by Gasteiger charge is -2.27. The zero-order valence-electron chi connectivity index (χ0n) is 18.5. The average molecular weight is 454 g/mol. The lowest BCUT2D eigenvalue weighted by atomic mass is 9.99. The molecule has 2 aromatic carbocycles. The fraction of sp³-hybridized carbons (Fsp3) is 0.333. The van der Waals surface area contributed by atoms with E-state index in [9.17, 15) is 13.2 Å². The molecule has 0 spiro atoms. The largest absolute Gasteiger partial charge is 0.379 e. The number of carbonyl (C=O) groups is 1. The van der Waals surface area contributed by atoms with Crippen LogP contribution in [0, 0.1) is 13.8 Å². The molecule has 168 valence electrons. The number of carbonyl (C=O) groups excluding carboxylic acids is 1. The number of ether oxygens (including phenoxy) is 1. The second-order valence-electron chi connectivity index (χ2n) is 7.88. The van der Waals surface area contributed by atoms with E-state index in [1.165, 1.54) is 10.4 Å². The Hall–Kier alpha value is -2.81. The van der Waals surface area contributed by atoms with Crippen molar-refractivity contribution in [3.63, 3.8) is 0 Å². The van der Waals surface area contributed by atoms with Crippen LogP contribution in [0.2, 0.25) is 0 Å². The minimum absolute atomic E-state index is 0.197. The van der Waals surface area contributed by atoms with Gasteiger partial charge >= 0.3 is 0 Å². The van der Waals surface area contributed by atoms with Crippen molar-refractivity contribution < 1.29 is 17.9 Å². The Kier molecular flexibility index (Phi) is 6.28. The molecule has 32 heavy (non-hydrogen) atoms. The minimum Gasteiger partial charge on any atom is -0.379 e. The second-order valence-corrected chi connectivity index (χ2v) is 9.79. The van der Waals surface area contributed by atoms with E-state index in [0.29, 0.717) is 49.5 Å². The molecule has 0 unspecified atom stereocenters. The van der Waals surface area contributed by atoms with Gasteiger partial charge in [0.15, 0.2) is 0 Å². The quantitative estimate of drug-likeness (QED) is 0.637. The van der Waals surface area contributed by atoms with Crippen molar-refractivity contribution in [3.8, 4) is 0 Å². The van der Waals surface area contributed by atoms with Crippen LogP contribution in [0.15, 0.2) is 47.4 Å². The first-order valence-electron chi connectivity index (χ1n) is 10.7. The summed E-state index contributed by atoms with van der Waals surface area (Å²) in [6.07, 6.45) is 0.712. The molecule has 1 amide bonds. The summed E-state index contributed by atoms with van der Waals surface area (Å²) in [4.78, 5) is 18.2. The zero-order valence-corrected chi connectivity index (χ0v) is 19.3. The number of hydrogen-bond acceptors (Lipinski definition) is 5. The number of sulfonamides is 1. The number of pyridine rings is 1. The molecule has 0 atom stereocenters. The highest BCUT2D eigenvalue weighted by Gasteiger charge is 2.28. The number of anilines is 1. The fourth-order valence-corrected chi connectivity index (χ4v) is 5.73. The van der Waals surface area contributed by atoms with E-state index in [1.807, 2.05) is 38.1 Å². The molecule has 4 rings (SSSR count). The van der Waals surface area contributed by atoms with Crippen LogP contribution in [0.3, 0.4) is 0 Å². The topological polar surface area (TPSA) is 88.6 Å². The van der Waals surface area contributed by atoms with Crippen molar-refractivity contribution in [2.75, 3.05) is 31.6 Å². The van der Waals surface area contributed by atoms with Crippen molar-refractivity contribution >= 4 is 32.5 Å². The standard InChI is InChI=1S/C24H27N3O4S/c1-4-20-17(3)23(19-7-5-6-8-21(19)26-20)24(28)25-18-10-9-16(2)22(15-18)32(29,30)27-11-13-31-14-12-27/h5-10,15H,4,11-14H2,1-3H3,(H,25,28). The predicted molar refractivity (Wildman–Crippen MR) is 125 cm³/mol. The summed E-state index contributed by atoms with van der Waals surface area (Å²) in [7, 11) is -3.68. The normalized spacial score (nSPS) is 15.1. The monoisotopic (exact) mass is 453 g/mol. The van der Waals surface area contributed by atoms with Gasteiger partial charge in [-0.1, -0.05) is 31.2 Å². The van der Waals surface area contributed by atoms with Crippen LogP contribution in [0.1, 0.15) is 34.1 Å². The van der Waals surface area contributed by atoms with Crippen LogP contribution < -0.4 is 5.32 Å². The number of fused-ring (bicyclic) bond motifs is 1. The third-order valence-corrected chi connectivity index (χ3v) is 7.87. The van der Waals surface area contributed by atoms with Crippen molar-refractivity contribution in [1.82, 2.24) is 9.29 Å². The maximum absolute atomic E-state index is 13.3. The first-order valence-corrected chi connectivity index (χ1v) is 12.1. The summed E-state index contributed by atoms with van der Waals surface area (Å²) in [6, 6.07) is 12.5. The molecule has 2 heterocycles. The second kappa shape index (κ2) is 8.97. The number of para-hydroxylation sites is 1. The molecule has 3 aromatic rings. The van der Waals surface area contributed by atoms with Gasteiger partial charge in [-0.15, -0.1) is 0 Å². The van der Waals surface area contributed by atoms with Gasteiger partial charge in [-0.3, -0.25) is 9.78 Å². The van der Waals surface area contributed by atoms with Crippen LogP contribution in [-0.2, 0) is 21.2 Å². The Morgan fingerprint density at radius 2 is 1.84 bits per heavy atom. The van der Waals surface area contributed by atoms with Crippen molar-refractivity contribution in [1.29, 1.82) is 0 Å². The summed E-state index contributed by atoms with van der Waals surface area (Å²) >= 11 is 0. The Morgan fingerprint density at radius 1 is 1.12 bits per heavy atom. The number of nitrogens with one attached hydrogen (secondary N) is 1. The number of hydrogen-bond donors (Lipinski definition) is 1. The van der Waals surface area contributed by atoms with Crippen LogP contribution in [0.5, 0.6) is 0 Å². The molecule has 7 nitrogen and oxygen atoms in total. The van der Waals surface area contributed by atoms with Gasteiger partial charge in [0.25, 0.3) is 5.91 Å². The van der Waals surface area contributed by atoms with Gasteiger partial charge in [0, 0.05) is 29.9 Å². The summed E-state index contributed by atoms with van der Waals surface area (Å²) in [5.41, 5.74) is 4.09. The van der Waals surface area contributed by atoms with E-state index in [1.54, 1.807) is 19.1 Å². The summed E-state index contributed by atoms with van der Waals surface area (Å²) in [5, 5.41) is 3.68. The highest BCUT2D eigenvalue weighted by molar-refractivity contribution is 7.89. The molecule has 0 saturated carbocycles. The minimum atomic E-state index is -3.68. The molecule has 1 aromatic heterocycles. The van der Waals surface area contributed by atoms with E-state index in [2.05, 4.69) is 10.3 Å². The molecular formula is C24H27N3O4S. The first kappa shape index (κ1) is 22.4. The van der Waals surface area contributed by atoms with Crippen LogP contribution >= 0.6 is 0 Å². The Bertz CT molecular complexity index is 1280. The Labute approximate surface area is 188 Å². The summed E-state index contributed by atoms with van der Waals surface area (Å²) in [6.45, 7) is 7.06. The molecule has 1 N–H and O–H groups in total. The number of morpholine rings is 1. The molecule has 1 aliphatic rings. The smallest absolute Gasteiger partial charge is 0.256 e. The Balaban J connectivity index is 1.71. The van der Waals surface area contributed by atoms with Gasteiger partial charge in [-0.25, -0.2) is 8.42 Å². The summed E-state index contributed by atoms with van der Waals surface area (Å²) < 4.78 is 33.1. The molecule has 1 saturated heterocycles. The molecule has 0 aliphatic carbocycles. The van der Waals surface area contributed by atoms with E-state index < -0.39 is 10.0 Å². The number of rotatable bonds is 5. The maximum Gasteiger partial charge on any atom is 0.256 e. The number of benzene rings is 2. The van der Waals surface area contributed by atoms with Crippen LogP contribution in [-0.4, -0.2) is 49.9 Å². The highest BCUT2D eigenvalue weighted by atomic mass is 32.2. The van der Waals surface area contributed by atoms with E-state index in [0.717, 1.165) is 22.2 Å². The predicted octanol–water partition coefficient (Wildman–Crippen LogP) is 3.69. The summed E-state index contributed by atoms with van der Waals surface area (Å²) in [5.74, 6) is -0.283. The Morgan fingerprint density at radius 3 is 2.56 bits per heavy atom. The van der Waals surface area contributed by atoms with Crippen molar-refractivity contribution in [2.45, 2.75) is 32.1 Å². The van der Waals surface area contributed by atoms with E-state index in [4.69, 9.17) is 4.74 Å². The number of amides is 1. The van der Waals surface area contributed by atoms with Gasteiger partial charge in [0.05, 0.1) is 29.2 Å². The lowest BCUT2D eigenvalue weighted by Crippen LogP contribution is -2.40. The van der Waals surface area contributed by atoms with E-state index in [-0.39, 0.29) is 10.8 Å². The zero-order chi connectivity index (χ0) is 22.9. The molecule has 1 aliphatic heterocycles. The van der Waals surface area contributed by atoms with Gasteiger partial charge < -0.3 is 10.1 Å². The number of aryl methyl sites for hydroxylation is 2. The SMILES string of the molecule is CCc1nc2ccccc2c(C(=O)Nc2ccc(C)c(S(=O)(=O)N3CCOCC3)c2)c1C. The number of nitrogens with zero attached hydrogens (tertiary/aromatic N) is 2.